The molecule has 0 heterocycles. The fraction of sp³-hybridized carbons (Fsp3) is 1.00. The fourth-order valence-corrected chi connectivity index (χ4v) is 8.02. The molecule has 0 aliphatic carbocycles. The second-order valence-corrected chi connectivity index (χ2v) is 14.6. The van der Waals surface area contributed by atoms with Crippen molar-refractivity contribution < 1.29 is 17.7 Å². The molecule has 0 saturated heterocycles. The molecule has 0 spiro atoms. The molecule has 0 aliphatic heterocycles. The van der Waals surface area contributed by atoms with Crippen LogP contribution in [0.25, 0.3) is 0 Å². The molecule has 0 saturated carbocycles. The second-order valence-electron chi connectivity index (χ2n) is 10.0. The van der Waals surface area contributed by atoms with E-state index >= 15 is 0 Å². The van der Waals surface area contributed by atoms with Crippen LogP contribution in [0.5, 0.6) is 0 Å². The summed E-state index contributed by atoms with van der Waals surface area (Å²) >= 11 is 0. The molecule has 0 radical (unpaired) electrons. The van der Waals surface area contributed by atoms with Crippen molar-refractivity contribution in [2.75, 3.05) is 0 Å². The van der Waals surface area contributed by atoms with Gasteiger partial charge in [-0.3, -0.25) is 0 Å². The summed E-state index contributed by atoms with van der Waals surface area (Å²) in [5.41, 5.74) is -0.0761. The van der Waals surface area contributed by atoms with Crippen molar-refractivity contribution >= 4 is 18.6 Å². The minimum absolute atomic E-state index is 0.218. The molecule has 0 rings (SSSR count). The Morgan fingerprint density at radius 1 is 0.435 bits per heavy atom. The molecule has 0 aromatic rings. The van der Waals surface area contributed by atoms with Crippen molar-refractivity contribution in [1.82, 2.24) is 0 Å². The highest BCUT2D eigenvalue weighted by Crippen LogP contribution is 2.23. The Labute approximate surface area is 147 Å². The molecular weight excluding hydrogens is 324 g/mol. The predicted molar refractivity (Wildman–Crippen MR) is 102 cm³/mol. The van der Waals surface area contributed by atoms with Gasteiger partial charge in [-0.05, 0) is 83.1 Å². The predicted octanol–water partition coefficient (Wildman–Crippen LogP) is 4.23. The van der Waals surface area contributed by atoms with Gasteiger partial charge in [0, 0.05) is 28.1 Å². The highest BCUT2D eigenvalue weighted by Gasteiger charge is 2.35. The van der Waals surface area contributed by atoms with E-state index in [2.05, 4.69) is 83.1 Å². The van der Waals surface area contributed by atoms with Crippen molar-refractivity contribution in [2.45, 2.75) is 111 Å². The van der Waals surface area contributed by atoms with Gasteiger partial charge in [0.05, 0.1) is 0 Å². The zero-order valence-electron chi connectivity index (χ0n) is 17.5. The summed E-state index contributed by atoms with van der Waals surface area (Å²) in [6.45, 7) is 24.9. The molecule has 23 heavy (non-hydrogen) atoms. The summed E-state index contributed by atoms with van der Waals surface area (Å²) in [6, 6.07) is 0. The lowest BCUT2D eigenvalue weighted by atomic mass is 10.2. The van der Waals surface area contributed by atoms with Gasteiger partial charge in [0.2, 0.25) is 0 Å². The lowest BCUT2D eigenvalue weighted by molar-refractivity contribution is 0.0223. The van der Waals surface area contributed by atoms with E-state index in [1.165, 1.54) is 0 Å². The van der Waals surface area contributed by atoms with Crippen molar-refractivity contribution in [3.05, 3.63) is 0 Å². The van der Waals surface area contributed by atoms with Gasteiger partial charge in [-0.1, -0.05) is 0 Å². The standard InChI is InChI=1S/C17H40O4Si2/c1-14(2,3)18-22(19-15(4,5)6)13-23(20-16(7,8)9)21-17(10,11)12/h22-23H,13H2,1-12H3. The van der Waals surface area contributed by atoms with Crippen LogP contribution in [0.15, 0.2) is 0 Å². The van der Waals surface area contributed by atoms with Crippen LogP contribution in [0.3, 0.4) is 0 Å². The van der Waals surface area contributed by atoms with Crippen LogP contribution < -0.4 is 0 Å². The van der Waals surface area contributed by atoms with Crippen LogP contribution >= 0.6 is 0 Å². The summed E-state index contributed by atoms with van der Waals surface area (Å²) in [7, 11) is -3.82. The van der Waals surface area contributed by atoms with E-state index in [0.717, 1.165) is 5.67 Å². The summed E-state index contributed by atoms with van der Waals surface area (Å²) in [6.07, 6.45) is 0. The SMILES string of the molecule is CC(C)(C)O[SiH](C[SiH](OC(C)(C)C)OC(C)(C)C)OC(C)(C)C. The smallest absolute Gasteiger partial charge is 0.323 e. The van der Waals surface area contributed by atoms with E-state index in [9.17, 15) is 0 Å². The minimum Gasteiger partial charge on any atom is -0.392 e. The molecule has 0 fully saturated rings. The van der Waals surface area contributed by atoms with Crippen LogP contribution in [-0.4, -0.2) is 41.0 Å². The maximum Gasteiger partial charge on any atom is 0.323 e. The van der Waals surface area contributed by atoms with Gasteiger partial charge in [-0.15, -0.1) is 0 Å². The molecule has 0 bridgehead atoms. The van der Waals surface area contributed by atoms with Gasteiger partial charge in [0.1, 0.15) is 0 Å². The molecule has 6 heteroatoms. The van der Waals surface area contributed by atoms with E-state index in [0.29, 0.717) is 0 Å². The topological polar surface area (TPSA) is 36.9 Å². The van der Waals surface area contributed by atoms with Gasteiger partial charge in [0.15, 0.2) is 0 Å². The molecule has 0 unspecified atom stereocenters. The Hall–Kier alpha value is 0.274. The van der Waals surface area contributed by atoms with E-state index in [4.69, 9.17) is 17.7 Å². The third kappa shape index (κ3) is 15.5. The minimum atomic E-state index is -1.91. The van der Waals surface area contributed by atoms with E-state index in [1.807, 2.05) is 0 Å². The Bertz CT molecular complexity index is 280. The summed E-state index contributed by atoms with van der Waals surface area (Å²) < 4.78 is 25.1. The fourth-order valence-electron chi connectivity index (χ4n) is 1.98. The highest BCUT2D eigenvalue weighted by molar-refractivity contribution is 6.65. The van der Waals surface area contributed by atoms with Gasteiger partial charge >= 0.3 is 18.6 Å². The first-order valence-electron chi connectivity index (χ1n) is 8.58. The molecule has 0 atom stereocenters. The second kappa shape index (κ2) is 8.10. The first-order valence-corrected chi connectivity index (χ1v) is 12.1. The Kier molecular flexibility index (Phi) is 8.20. The summed E-state index contributed by atoms with van der Waals surface area (Å²) in [5, 5.41) is 0. The number of hydrogen-bond donors (Lipinski definition) is 0. The third-order valence-electron chi connectivity index (χ3n) is 2.32. The van der Waals surface area contributed by atoms with Gasteiger partial charge in [-0.2, -0.15) is 0 Å². The van der Waals surface area contributed by atoms with Crippen LogP contribution in [0.2, 0.25) is 5.67 Å². The maximum absolute atomic E-state index is 6.26. The van der Waals surface area contributed by atoms with Crippen molar-refractivity contribution in [3.63, 3.8) is 0 Å². The van der Waals surface area contributed by atoms with Gasteiger partial charge in [0.25, 0.3) is 0 Å². The molecular formula is C17H40O4Si2. The van der Waals surface area contributed by atoms with Crippen LogP contribution in [0.1, 0.15) is 83.1 Å². The Morgan fingerprint density at radius 2 is 0.609 bits per heavy atom. The molecule has 0 aromatic carbocycles. The van der Waals surface area contributed by atoms with Crippen molar-refractivity contribution in [2.24, 2.45) is 0 Å². The lowest BCUT2D eigenvalue weighted by Gasteiger charge is -2.36. The van der Waals surface area contributed by atoms with E-state index < -0.39 is 18.6 Å². The molecule has 4 nitrogen and oxygen atoms in total. The first kappa shape index (κ1) is 23.3. The average molecular weight is 365 g/mol. The van der Waals surface area contributed by atoms with Gasteiger partial charge in [-0.25, -0.2) is 0 Å². The zero-order chi connectivity index (χ0) is 18.7. The third-order valence-corrected chi connectivity index (χ3v) is 9.28. The van der Waals surface area contributed by atoms with Crippen LogP contribution in [0.4, 0.5) is 0 Å². The van der Waals surface area contributed by atoms with E-state index in [1.54, 1.807) is 0 Å². The van der Waals surface area contributed by atoms with Crippen LogP contribution in [-0.2, 0) is 17.7 Å². The molecule has 140 valence electrons. The number of hydrogen-bond acceptors (Lipinski definition) is 4. The average Bonchev–Trinajstić information content (AvgIpc) is 2.03. The van der Waals surface area contributed by atoms with Crippen molar-refractivity contribution in [1.29, 1.82) is 0 Å². The quantitative estimate of drug-likeness (QED) is 0.661. The largest absolute Gasteiger partial charge is 0.392 e. The summed E-state index contributed by atoms with van der Waals surface area (Å²) in [5.74, 6) is 0. The zero-order valence-corrected chi connectivity index (χ0v) is 19.8. The Morgan fingerprint density at radius 3 is 0.739 bits per heavy atom. The normalized spacial score (nSPS) is 14.9. The lowest BCUT2D eigenvalue weighted by Crippen LogP contribution is -2.46. The van der Waals surface area contributed by atoms with E-state index in [-0.39, 0.29) is 22.4 Å². The highest BCUT2D eigenvalue weighted by atomic mass is 28.4. The Balaban J connectivity index is 5.15. The molecule has 0 amide bonds. The molecule has 0 aromatic heterocycles. The van der Waals surface area contributed by atoms with Crippen LogP contribution in [0, 0.1) is 0 Å². The maximum atomic E-state index is 6.26. The number of rotatable bonds is 6. The first-order chi connectivity index (χ1) is 9.86. The monoisotopic (exact) mass is 364 g/mol. The molecule has 0 N–H and O–H groups in total. The van der Waals surface area contributed by atoms with Crippen molar-refractivity contribution in [3.8, 4) is 0 Å². The summed E-state index contributed by atoms with van der Waals surface area (Å²) in [4.78, 5) is 0. The van der Waals surface area contributed by atoms with Gasteiger partial charge < -0.3 is 17.7 Å². The molecule has 0 aliphatic rings.